The zero-order chi connectivity index (χ0) is 17.5. The number of hydrogen-bond acceptors (Lipinski definition) is 3. The average molecular weight is 328 g/mol. The molecule has 3 unspecified atom stereocenters. The molecule has 0 saturated heterocycles. The van der Waals surface area contributed by atoms with Crippen LogP contribution >= 0.6 is 0 Å². The third kappa shape index (κ3) is 3.21. The normalized spacial score (nSPS) is 25.0. The molecule has 1 fully saturated rings. The highest BCUT2D eigenvalue weighted by atomic mass is 16.6. The van der Waals surface area contributed by atoms with Gasteiger partial charge in [0.25, 0.3) is 11.6 Å². The van der Waals surface area contributed by atoms with Crippen LogP contribution in [0.4, 0.5) is 5.69 Å². The van der Waals surface area contributed by atoms with E-state index >= 15 is 0 Å². The van der Waals surface area contributed by atoms with Crippen molar-refractivity contribution in [2.75, 3.05) is 6.54 Å². The first-order valence-electron chi connectivity index (χ1n) is 8.50. The Morgan fingerprint density at radius 1 is 1.29 bits per heavy atom. The lowest BCUT2D eigenvalue weighted by Crippen LogP contribution is -2.48. The average Bonchev–Trinajstić information content (AvgIpc) is 3.13. The second-order valence-electron chi connectivity index (χ2n) is 7.93. The van der Waals surface area contributed by atoms with Gasteiger partial charge in [0.1, 0.15) is 0 Å². The number of nitro groups is 1. The van der Waals surface area contributed by atoms with Gasteiger partial charge in [-0.05, 0) is 57.4 Å². The number of rotatable bonds is 4. The van der Waals surface area contributed by atoms with Gasteiger partial charge in [0.15, 0.2) is 0 Å². The van der Waals surface area contributed by atoms with Crippen molar-refractivity contribution in [1.29, 1.82) is 0 Å². The third-order valence-corrected chi connectivity index (χ3v) is 5.19. The fraction of sp³-hybridized carbons (Fsp3) is 0.526. The molecule has 24 heavy (non-hydrogen) atoms. The van der Waals surface area contributed by atoms with Crippen LogP contribution < -0.4 is 0 Å². The van der Waals surface area contributed by atoms with Crippen LogP contribution in [-0.2, 0) is 0 Å². The minimum atomic E-state index is -0.459. The summed E-state index contributed by atoms with van der Waals surface area (Å²) in [7, 11) is 0. The van der Waals surface area contributed by atoms with E-state index < -0.39 is 4.92 Å². The predicted octanol–water partition coefficient (Wildman–Crippen LogP) is 4.05. The largest absolute Gasteiger partial charge is 0.334 e. The summed E-state index contributed by atoms with van der Waals surface area (Å²) in [6, 6.07) is 6.03. The van der Waals surface area contributed by atoms with Gasteiger partial charge in [0.05, 0.1) is 4.92 Å². The van der Waals surface area contributed by atoms with Gasteiger partial charge in [-0.2, -0.15) is 0 Å². The van der Waals surface area contributed by atoms with Crippen molar-refractivity contribution >= 4 is 11.6 Å². The Bertz CT molecular complexity index is 690. The summed E-state index contributed by atoms with van der Waals surface area (Å²) in [5.41, 5.74) is 0.0168. The van der Waals surface area contributed by atoms with Crippen LogP contribution in [-0.4, -0.2) is 27.8 Å². The van der Waals surface area contributed by atoms with E-state index in [4.69, 9.17) is 0 Å². The fourth-order valence-corrected chi connectivity index (χ4v) is 3.91. The number of carbonyl (C=O) groups is 1. The first kappa shape index (κ1) is 16.7. The fourth-order valence-electron chi connectivity index (χ4n) is 3.91. The molecule has 0 heterocycles. The number of benzene rings is 1. The molecule has 0 aromatic heterocycles. The van der Waals surface area contributed by atoms with Gasteiger partial charge in [-0.1, -0.05) is 18.2 Å². The molecule has 0 radical (unpaired) electrons. The zero-order valence-corrected chi connectivity index (χ0v) is 14.4. The van der Waals surface area contributed by atoms with Crippen molar-refractivity contribution in [2.45, 2.75) is 39.2 Å². The van der Waals surface area contributed by atoms with Gasteiger partial charge in [-0.25, -0.2) is 0 Å². The molecule has 1 amide bonds. The summed E-state index contributed by atoms with van der Waals surface area (Å²) in [5.74, 6) is 1.59. The van der Waals surface area contributed by atoms with Gasteiger partial charge < -0.3 is 4.90 Å². The maximum atomic E-state index is 13.0. The molecule has 3 rings (SSSR count). The molecule has 5 nitrogen and oxygen atoms in total. The lowest BCUT2D eigenvalue weighted by molar-refractivity contribution is -0.384. The molecular formula is C19H24N2O3. The minimum Gasteiger partial charge on any atom is -0.334 e. The number of nitro benzene ring substituents is 1. The smallest absolute Gasteiger partial charge is 0.270 e. The number of carbonyl (C=O) groups excluding carboxylic acids is 1. The second kappa shape index (κ2) is 6.04. The van der Waals surface area contributed by atoms with E-state index in [-0.39, 0.29) is 17.1 Å². The van der Waals surface area contributed by atoms with Gasteiger partial charge in [-0.3, -0.25) is 14.9 Å². The highest BCUT2D eigenvalue weighted by molar-refractivity contribution is 5.95. The first-order valence-corrected chi connectivity index (χ1v) is 8.50. The molecule has 0 spiro atoms. The first-order chi connectivity index (χ1) is 11.3. The topological polar surface area (TPSA) is 63.5 Å². The highest BCUT2D eigenvalue weighted by Crippen LogP contribution is 2.44. The van der Waals surface area contributed by atoms with Gasteiger partial charge >= 0.3 is 0 Å². The molecule has 0 aliphatic heterocycles. The van der Waals surface area contributed by atoms with Crippen LogP contribution in [0.3, 0.4) is 0 Å². The van der Waals surface area contributed by atoms with Gasteiger partial charge in [0, 0.05) is 29.8 Å². The highest BCUT2D eigenvalue weighted by Gasteiger charge is 2.39. The molecule has 3 atom stereocenters. The summed E-state index contributed by atoms with van der Waals surface area (Å²) >= 11 is 0. The van der Waals surface area contributed by atoms with Crippen molar-refractivity contribution in [3.05, 3.63) is 52.1 Å². The van der Waals surface area contributed by atoms with E-state index in [2.05, 4.69) is 12.2 Å². The molecule has 2 bridgehead atoms. The Labute approximate surface area is 142 Å². The molecular weight excluding hydrogens is 304 g/mol. The Balaban J connectivity index is 1.83. The van der Waals surface area contributed by atoms with Crippen molar-refractivity contribution in [1.82, 2.24) is 4.90 Å². The van der Waals surface area contributed by atoms with Gasteiger partial charge in [0.2, 0.25) is 0 Å². The van der Waals surface area contributed by atoms with Crippen LogP contribution in [0.1, 0.15) is 44.0 Å². The summed E-state index contributed by atoms with van der Waals surface area (Å²) in [5, 5.41) is 11.0. The van der Waals surface area contributed by atoms with Crippen molar-refractivity contribution in [3.8, 4) is 0 Å². The molecule has 128 valence electrons. The third-order valence-electron chi connectivity index (χ3n) is 5.19. The number of amides is 1. The lowest BCUT2D eigenvalue weighted by Gasteiger charge is -2.39. The Morgan fingerprint density at radius 2 is 2.04 bits per heavy atom. The quantitative estimate of drug-likeness (QED) is 0.476. The number of nitrogens with zero attached hydrogens (tertiary/aromatic N) is 2. The molecule has 2 aliphatic carbocycles. The van der Waals surface area contributed by atoms with Crippen LogP contribution in [0.2, 0.25) is 0 Å². The summed E-state index contributed by atoms with van der Waals surface area (Å²) in [6.45, 7) is 6.76. The summed E-state index contributed by atoms with van der Waals surface area (Å²) < 4.78 is 0. The number of fused-ring (bicyclic) bond motifs is 2. The molecule has 1 saturated carbocycles. The summed E-state index contributed by atoms with van der Waals surface area (Å²) in [6.07, 6.45) is 6.92. The van der Waals surface area contributed by atoms with Crippen molar-refractivity contribution < 1.29 is 9.72 Å². The number of non-ortho nitro benzene ring substituents is 1. The maximum Gasteiger partial charge on any atom is 0.270 e. The van der Waals surface area contributed by atoms with E-state index in [1.54, 1.807) is 12.1 Å². The van der Waals surface area contributed by atoms with E-state index in [1.165, 1.54) is 18.6 Å². The Morgan fingerprint density at radius 3 is 2.58 bits per heavy atom. The van der Waals surface area contributed by atoms with E-state index in [9.17, 15) is 14.9 Å². The van der Waals surface area contributed by atoms with E-state index in [0.717, 1.165) is 6.42 Å². The molecule has 1 aromatic rings. The van der Waals surface area contributed by atoms with E-state index in [0.29, 0.717) is 29.9 Å². The molecule has 5 heteroatoms. The predicted molar refractivity (Wildman–Crippen MR) is 92.7 cm³/mol. The Hall–Kier alpha value is -2.17. The number of hydrogen-bond donors (Lipinski definition) is 0. The molecule has 2 aliphatic rings. The maximum absolute atomic E-state index is 13.0. The summed E-state index contributed by atoms with van der Waals surface area (Å²) in [4.78, 5) is 25.4. The standard InChI is InChI=1S/C19H24N2O3/c1-19(2,3)20(12-16-10-13-7-8-14(16)9-13)18(22)15-5-4-6-17(11-15)21(23)24/h4-8,11,13-14,16H,9-10,12H2,1-3H3. The monoisotopic (exact) mass is 328 g/mol. The molecule has 0 N–H and O–H groups in total. The van der Waals surface area contributed by atoms with Gasteiger partial charge in [-0.15, -0.1) is 0 Å². The lowest BCUT2D eigenvalue weighted by atomic mass is 9.91. The Kier molecular flexibility index (Phi) is 4.20. The second-order valence-corrected chi connectivity index (χ2v) is 7.93. The van der Waals surface area contributed by atoms with Crippen LogP contribution in [0.15, 0.2) is 36.4 Å². The van der Waals surface area contributed by atoms with Crippen LogP contribution in [0, 0.1) is 27.9 Å². The van der Waals surface area contributed by atoms with Crippen molar-refractivity contribution in [3.63, 3.8) is 0 Å². The van der Waals surface area contributed by atoms with Crippen LogP contribution in [0.25, 0.3) is 0 Å². The van der Waals surface area contributed by atoms with Crippen molar-refractivity contribution in [2.24, 2.45) is 17.8 Å². The van der Waals surface area contributed by atoms with E-state index in [1.807, 2.05) is 25.7 Å². The van der Waals surface area contributed by atoms with Crippen LogP contribution in [0.5, 0.6) is 0 Å². The zero-order valence-electron chi connectivity index (χ0n) is 14.4. The minimum absolute atomic E-state index is 0.0439. The number of allylic oxidation sites excluding steroid dienone is 2. The molecule has 1 aromatic carbocycles. The SMILES string of the molecule is CC(C)(C)N(CC1CC2C=CC1C2)C(=O)c1cccc([N+](=O)[O-])c1.